The summed E-state index contributed by atoms with van der Waals surface area (Å²) in [6, 6.07) is 5.46. The summed E-state index contributed by atoms with van der Waals surface area (Å²) in [6.07, 6.45) is 0.674. The van der Waals surface area contributed by atoms with Crippen molar-refractivity contribution in [2.24, 2.45) is 0 Å². The van der Waals surface area contributed by atoms with Gasteiger partial charge in [0, 0.05) is 49.9 Å². The Morgan fingerprint density at radius 1 is 1.29 bits per heavy atom. The third kappa shape index (κ3) is 3.82. The summed E-state index contributed by atoms with van der Waals surface area (Å²) in [5, 5.41) is 6.79. The molecule has 130 valence electrons. The van der Waals surface area contributed by atoms with E-state index in [9.17, 15) is 9.59 Å². The molecule has 1 aromatic rings. The van der Waals surface area contributed by atoms with Crippen LogP contribution in [0, 0.1) is 0 Å². The van der Waals surface area contributed by atoms with Crippen LogP contribution in [0.15, 0.2) is 18.2 Å². The van der Waals surface area contributed by atoms with Crippen LogP contribution in [-0.2, 0) is 16.0 Å². The first-order valence-electron chi connectivity index (χ1n) is 8.39. The van der Waals surface area contributed by atoms with Crippen LogP contribution in [0.4, 0.5) is 5.69 Å². The van der Waals surface area contributed by atoms with E-state index in [0.29, 0.717) is 37.6 Å². The number of rotatable bonds is 4. The van der Waals surface area contributed by atoms with Crippen LogP contribution in [0.5, 0.6) is 0 Å². The standard InChI is InChI=1S/C17H23ClN4O2/c1-2-19-16(23)11-21-5-7-22(8-6-21)17(24)15-10-12-9-13(18)3-4-14(12)20-15/h3-4,9,15,20H,2,5-8,10-11H2,1H3,(H,19,23)/t15-/m0/s1. The SMILES string of the molecule is CCNC(=O)CN1CCN(C(=O)[C@@H]2Cc3cc(Cl)ccc3N2)CC1. The summed E-state index contributed by atoms with van der Waals surface area (Å²) < 4.78 is 0. The average Bonchev–Trinajstić information content (AvgIpc) is 2.98. The number of carbonyl (C=O) groups is 2. The molecular weight excluding hydrogens is 328 g/mol. The van der Waals surface area contributed by atoms with E-state index in [-0.39, 0.29) is 17.9 Å². The van der Waals surface area contributed by atoms with Gasteiger partial charge in [-0.1, -0.05) is 11.6 Å². The molecule has 2 N–H and O–H groups in total. The van der Waals surface area contributed by atoms with Gasteiger partial charge in [-0.2, -0.15) is 0 Å². The Balaban J connectivity index is 1.50. The van der Waals surface area contributed by atoms with Crippen LogP contribution in [0.1, 0.15) is 12.5 Å². The second kappa shape index (κ2) is 7.40. The van der Waals surface area contributed by atoms with Gasteiger partial charge >= 0.3 is 0 Å². The minimum absolute atomic E-state index is 0.0436. The van der Waals surface area contributed by atoms with Gasteiger partial charge in [-0.05, 0) is 30.7 Å². The highest BCUT2D eigenvalue weighted by molar-refractivity contribution is 6.30. The monoisotopic (exact) mass is 350 g/mol. The maximum atomic E-state index is 12.7. The lowest BCUT2D eigenvalue weighted by Crippen LogP contribution is -2.54. The van der Waals surface area contributed by atoms with Gasteiger partial charge < -0.3 is 15.5 Å². The maximum absolute atomic E-state index is 12.7. The Labute approximate surface area is 147 Å². The van der Waals surface area contributed by atoms with Crippen LogP contribution < -0.4 is 10.6 Å². The number of amides is 2. The molecule has 0 bridgehead atoms. The minimum atomic E-state index is -0.214. The van der Waals surface area contributed by atoms with E-state index >= 15 is 0 Å². The predicted molar refractivity (Wildman–Crippen MR) is 94.3 cm³/mol. The van der Waals surface area contributed by atoms with Crippen LogP contribution >= 0.6 is 11.6 Å². The number of hydrogen-bond acceptors (Lipinski definition) is 4. The molecule has 6 nitrogen and oxygen atoms in total. The van der Waals surface area contributed by atoms with Crippen LogP contribution in [0.2, 0.25) is 5.02 Å². The molecule has 2 aliphatic heterocycles. The average molecular weight is 351 g/mol. The summed E-state index contributed by atoms with van der Waals surface area (Å²) in [4.78, 5) is 28.3. The molecule has 7 heteroatoms. The summed E-state index contributed by atoms with van der Waals surface area (Å²) in [5.41, 5.74) is 2.09. The molecule has 0 aliphatic carbocycles. The van der Waals surface area contributed by atoms with Crippen molar-refractivity contribution in [1.29, 1.82) is 0 Å². The van der Waals surface area contributed by atoms with Crippen molar-refractivity contribution in [1.82, 2.24) is 15.1 Å². The number of piperazine rings is 1. The van der Waals surface area contributed by atoms with Crippen molar-refractivity contribution >= 4 is 29.1 Å². The highest BCUT2D eigenvalue weighted by atomic mass is 35.5. The minimum Gasteiger partial charge on any atom is -0.373 e. The predicted octanol–water partition coefficient (Wildman–Crippen LogP) is 0.957. The molecule has 3 rings (SSSR count). The molecule has 24 heavy (non-hydrogen) atoms. The molecule has 0 aromatic heterocycles. The zero-order valence-corrected chi connectivity index (χ0v) is 14.6. The first-order chi connectivity index (χ1) is 11.6. The van der Waals surface area contributed by atoms with Crippen molar-refractivity contribution in [2.45, 2.75) is 19.4 Å². The van der Waals surface area contributed by atoms with Crippen molar-refractivity contribution in [3.8, 4) is 0 Å². The van der Waals surface area contributed by atoms with Crippen molar-refractivity contribution in [2.75, 3.05) is 44.6 Å². The quantitative estimate of drug-likeness (QED) is 0.849. The zero-order chi connectivity index (χ0) is 17.1. The topological polar surface area (TPSA) is 64.7 Å². The highest BCUT2D eigenvalue weighted by Gasteiger charge is 2.32. The number of nitrogens with zero attached hydrogens (tertiary/aromatic N) is 2. The Kier molecular flexibility index (Phi) is 5.26. The van der Waals surface area contributed by atoms with Gasteiger partial charge in [0.1, 0.15) is 6.04 Å². The van der Waals surface area contributed by atoms with E-state index in [1.807, 2.05) is 30.0 Å². The fraction of sp³-hybridized carbons (Fsp3) is 0.529. The maximum Gasteiger partial charge on any atom is 0.245 e. The lowest BCUT2D eigenvalue weighted by molar-refractivity contribution is -0.133. The van der Waals surface area contributed by atoms with Gasteiger partial charge in [-0.15, -0.1) is 0 Å². The summed E-state index contributed by atoms with van der Waals surface area (Å²) >= 11 is 6.02. The Morgan fingerprint density at radius 2 is 2.04 bits per heavy atom. The Hall–Kier alpha value is -1.79. The lowest BCUT2D eigenvalue weighted by atomic mass is 10.1. The molecule has 1 aromatic carbocycles. The van der Waals surface area contributed by atoms with Crippen molar-refractivity contribution < 1.29 is 9.59 Å². The third-order valence-corrected chi connectivity index (χ3v) is 4.78. The molecule has 1 atom stereocenters. The fourth-order valence-corrected chi connectivity index (χ4v) is 3.48. The molecule has 2 aliphatic rings. The fourth-order valence-electron chi connectivity index (χ4n) is 3.28. The molecule has 0 unspecified atom stereocenters. The highest BCUT2D eigenvalue weighted by Crippen LogP contribution is 2.29. The van der Waals surface area contributed by atoms with Gasteiger partial charge in [0.05, 0.1) is 6.54 Å². The number of carbonyl (C=O) groups excluding carboxylic acids is 2. The first kappa shape index (κ1) is 17.0. The zero-order valence-electron chi connectivity index (χ0n) is 13.8. The van der Waals surface area contributed by atoms with Gasteiger partial charge in [0.15, 0.2) is 0 Å². The van der Waals surface area contributed by atoms with Gasteiger partial charge in [0.2, 0.25) is 11.8 Å². The number of likely N-dealkylation sites (N-methyl/N-ethyl adjacent to an activating group) is 1. The van der Waals surface area contributed by atoms with E-state index in [1.54, 1.807) is 0 Å². The van der Waals surface area contributed by atoms with Crippen LogP contribution in [0.3, 0.4) is 0 Å². The number of benzene rings is 1. The number of halogens is 1. The number of nitrogens with one attached hydrogen (secondary N) is 2. The van der Waals surface area contributed by atoms with E-state index in [4.69, 9.17) is 11.6 Å². The van der Waals surface area contributed by atoms with Gasteiger partial charge in [-0.25, -0.2) is 0 Å². The molecule has 0 saturated carbocycles. The molecule has 0 spiro atoms. The summed E-state index contributed by atoms with van der Waals surface area (Å²) in [7, 11) is 0. The molecule has 2 heterocycles. The second-order valence-electron chi connectivity index (χ2n) is 6.26. The number of hydrogen-bond donors (Lipinski definition) is 2. The summed E-state index contributed by atoms with van der Waals surface area (Å²) in [6.45, 7) is 5.74. The molecule has 0 radical (unpaired) electrons. The van der Waals surface area contributed by atoms with E-state index < -0.39 is 0 Å². The van der Waals surface area contributed by atoms with Crippen molar-refractivity contribution in [3.05, 3.63) is 28.8 Å². The Morgan fingerprint density at radius 3 is 2.75 bits per heavy atom. The molecular formula is C17H23ClN4O2. The normalized spacial score (nSPS) is 20.4. The summed E-state index contributed by atoms with van der Waals surface area (Å²) in [5.74, 6) is 0.169. The van der Waals surface area contributed by atoms with Gasteiger partial charge in [-0.3, -0.25) is 14.5 Å². The number of anilines is 1. The molecule has 2 amide bonds. The molecule has 1 saturated heterocycles. The molecule has 1 fully saturated rings. The third-order valence-electron chi connectivity index (χ3n) is 4.54. The van der Waals surface area contributed by atoms with E-state index in [0.717, 1.165) is 24.3 Å². The van der Waals surface area contributed by atoms with E-state index in [2.05, 4.69) is 15.5 Å². The number of fused-ring (bicyclic) bond motifs is 1. The van der Waals surface area contributed by atoms with Gasteiger partial charge in [0.25, 0.3) is 0 Å². The van der Waals surface area contributed by atoms with Crippen LogP contribution in [0.25, 0.3) is 0 Å². The second-order valence-corrected chi connectivity index (χ2v) is 6.69. The van der Waals surface area contributed by atoms with E-state index in [1.165, 1.54) is 0 Å². The first-order valence-corrected chi connectivity index (χ1v) is 8.77. The largest absolute Gasteiger partial charge is 0.373 e. The van der Waals surface area contributed by atoms with Crippen LogP contribution in [-0.4, -0.2) is 66.9 Å². The smallest absolute Gasteiger partial charge is 0.245 e. The Bertz CT molecular complexity index is 629. The van der Waals surface area contributed by atoms with Crippen molar-refractivity contribution in [3.63, 3.8) is 0 Å². The lowest BCUT2D eigenvalue weighted by Gasteiger charge is -2.35.